The lowest BCUT2D eigenvalue weighted by atomic mass is 9.84. The van der Waals surface area contributed by atoms with Crippen LogP contribution in [0, 0.1) is 5.92 Å². The fraction of sp³-hybridized carbons (Fsp3) is 0.579. The fourth-order valence-electron chi connectivity index (χ4n) is 3.05. The molecular formula is C19H28ClNO4. The van der Waals surface area contributed by atoms with Gasteiger partial charge in [-0.15, -0.1) is 0 Å². The van der Waals surface area contributed by atoms with E-state index in [9.17, 15) is 9.59 Å². The number of hydrogen-bond donors (Lipinski definition) is 1. The van der Waals surface area contributed by atoms with Crippen LogP contribution in [0.1, 0.15) is 44.1 Å². The second-order valence-electron chi connectivity index (χ2n) is 6.43. The summed E-state index contributed by atoms with van der Waals surface area (Å²) in [7, 11) is 3.20. The Balaban J connectivity index is 0.000000271. The number of rotatable bonds is 7. The maximum Gasteiger partial charge on any atom is 0.326 e. The number of nitrogens with zero attached hydrogens (tertiary/aromatic N) is 1. The lowest BCUT2D eigenvalue weighted by Gasteiger charge is -2.27. The Kier molecular flexibility index (Phi) is 10.2. The Morgan fingerprint density at radius 3 is 2.60 bits per heavy atom. The molecule has 5 nitrogen and oxygen atoms in total. The summed E-state index contributed by atoms with van der Waals surface area (Å²) >= 11 is 5.73. The van der Waals surface area contributed by atoms with E-state index in [4.69, 9.17) is 21.4 Å². The van der Waals surface area contributed by atoms with Gasteiger partial charge >= 0.3 is 5.97 Å². The molecular weight excluding hydrogens is 342 g/mol. The van der Waals surface area contributed by atoms with Crippen molar-refractivity contribution in [1.29, 1.82) is 0 Å². The second kappa shape index (κ2) is 11.9. The Morgan fingerprint density at radius 2 is 2.08 bits per heavy atom. The number of methoxy groups -OCH3 is 1. The Morgan fingerprint density at radius 1 is 1.40 bits per heavy atom. The van der Waals surface area contributed by atoms with Gasteiger partial charge in [-0.2, -0.15) is 0 Å². The third kappa shape index (κ3) is 8.36. The smallest absolute Gasteiger partial charge is 0.326 e. The first-order valence-electron chi connectivity index (χ1n) is 8.61. The van der Waals surface area contributed by atoms with Crippen molar-refractivity contribution in [1.82, 2.24) is 4.90 Å². The minimum Gasteiger partial charge on any atom is -0.480 e. The predicted octanol–water partition coefficient (Wildman–Crippen LogP) is 3.98. The molecule has 1 amide bonds. The minimum absolute atomic E-state index is 0.474. The van der Waals surface area contributed by atoms with Gasteiger partial charge in [-0.25, -0.2) is 4.79 Å². The van der Waals surface area contributed by atoms with Gasteiger partial charge in [0.2, 0.25) is 6.41 Å². The molecule has 1 fully saturated rings. The summed E-state index contributed by atoms with van der Waals surface area (Å²) in [5.74, 6) is -0.419. The molecule has 1 aliphatic carbocycles. The summed E-state index contributed by atoms with van der Waals surface area (Å²) < 4.78 is 4.92. The molecule has 0 saturated heterocycles. The molecule has 0 heterocycles. The minimum atomic E-state index is -0.893. The fourth-order valence-corrected chi connectivity index (χ4v) is 3.26. The van der Waals surface area contributed by atoms with Gasteiger partial charge in [0.1, 0.15) is 6.04 Å². The number of carbonyl (C=O) groups is 2. The molecule has 1 saturated carbocycles. The average molecular weight is 370 g/mol. The highest BCUT2D eigenvalue weighted by Crippen LogP contribution is 2.28. The van der Waals surface area contributed by atoms with Crippen LogP contribution in [0.15, 0.2) is 24.3 Å². The first kappa shape index (κ1) is 21.5. The van der Waals surface area contributed by atoms with E-state index in [2.05, 4.69) is 0 Å². The normalized spacial score (nSPS) is 15.6. The highest BCUT2D eigenvalue weighted by molar-refractivity contribution is 6.30. The van der Waals surface area contributed by atoms with Gasteiger partial charge in [-0.3, -0.25) is 4.79 Å². The zero-order valence-corrected chi connectivity index (χ0v) is 15.7. The molecule has 0 spiro atoms. The average Bonchev–Trinajstić information content (AvgIpc) is 2.60. The molecule has 1 N–H and O–H groups in total. The Hall–Kier alpha value is -1.59. The monoisotopic (exact) mass is 369 g/mol. The highest BCUT2D eigenvalue weighted by atomic mass is 35.5. The lowest BCUT2D eigenvalue weighted by Crippen LogP contribution is -2.39. The summed E-state index contributed by atoms with van der Waals surface area (Å²) in [5, 5.41) is 9.76. The van der Waals surface area contributed by atoms with E-state index in [1.807, 2.05) is 24.3 Å². The number of halogens is 1. The van der Waals surface area contributed by atoms with E-state index < -0.39 is 12.0 Å². The van der Waals surface area contributed by atoms with Gasteiger partial charge in [0.25, 0.3) is 0 Å². The number of ether oxygens (including phenoxy) is 1. The molecule has 0 bridgehead atoms. The van der Waals surface area contributed by atoms with E-state index >= 15 is 0 Å². The van der Waals surface area contributed by atoms with Crippen molar-refractivity contribution in [3.8, 4) is 0 Å². The first-order valence-corrected chi connectivity index (χ1v) is 8.99. The van der Waals surface area contributed by atoms with Crippen molar-refractivity contribution < 1.29 is 19.4 Å². The molecule has 25 heavy (non-hydrogen) atoms. The van der Waals surface area contributed by atoms with Crippen molar-refractivity contribution in [3.63, 3.8) is 0 Å². The van der Waals surface area contributed by atoms with Crippen LogP contribution in [0.2, 0.25) is 5.02 Å². The van der Waals surface area contributed by atoms with Gasteiger partial charge in [0.15, 0.2) is 0 Å². The number of benzene rings is 1. The molecule has 140 valence electrons. The summed E-state index contributed by atoms with van der Waals surface area (Å²) in [6.07, 6.45) is 7.07. The van der Waals surface area contributed by atoms with E-state index in [0.29, 0.717) is 25.4 Å². The Bertz CT molecular complexity index is 532. The van der Waals surface area contributed by atoms with Gasteiger partial charge in [0, 0.05) is 19.2 Å². The summed E-state index contributed by atoms with van der Waals surface area (Å²) in [4.78, 5) is 22.8. The molecule has 6 heteroatoms. The molecule has 0 aromatic heterocycles. The van der Waals surface area contributed by atoms with Crippen molar-refractivity contribution in [2.24, 2.45) is 5.92 Å². The van der Waals surface area contributed by atoms with Gasteiger partial charge in [-0.1, -0.05) is 55.8 Å². The largest absolute Gasteiger partial charge is 0.480 e. The van der Waals surface area contributed by atoms with Crippen LogP contribution in [0.4, 0.5) is 0 Å². The van der Waals surface area contributed by atoms with Crippen molar-refractivity contribution >= 4 is 24.0 Å². The molecule has 1 aromatic carbocycles. The Labute approximate surface area is 154 Å². The maximum absolute atomic E-state index is 11.0. The molecule has 1 aromatic rings. The van der Waals surface area contributed by atoms with Gasteiger partial charge < -0.3 is 14.7 Å². The van der Waals surface area contributed by atoms with Crippen LogP contribution in [0.5, 0.6) is 0 Å². The van der Waals surface area contributed by atoms with Crippen LogP contribution < -0.4 is 0 Å². The highest BCUT2D eigenvalue weighted by Gasteiger charge is 2.26. The zero-order chi connectivity index (χ0) is 18.7. The van der Waals surface area contributed by atoms with E-state index in [-0.39, 0.29) is 0 Å². The number of carboxylic acid groups (broad SMARTS) is 1. The first-order chi connectivity index (χ1) is 12.0. The number of amides is 1. The molecule has 0 radical (unpaired) electrons. The van der Waals surface area contributed by atoms with Gasteiger partial charge in [-0.05, 0) is 30.0 Å². The predicted molar refractivity (Wildman–Crippen MR) is 98.6 cm³/mol. The number of hydrogen-bond acceptors (Lipinski definition) is 3. The van der Waals surface area contributed by atoms with Crippen molar-refractivity contribution in [2.45, 2.75) is 51.2 Å². The van der Waals surface area contributed by atoms with E-state index in [1.165, 1.54) is 31.2 Å². The number of carbonyl (C=O) groups excluding carboxylic acids is 1. The topological polar surface area (TPSA) is 66.8 Å². The molecule has 1 unspecified atom stereocenters. The summed E-state index contributed by atoms with van der Waals surface area (Å²) in [6.45, 7) is 0.626. The zero-order valence-electron chi connectivity index (χ0n) is 15.0. The van der Waals surface area contributed by atoms with E-state index in [1.54, 1.807) is 7.11 Å². The van der Waals surface area contributed by atoms with Crippen molar-refractivity contribution in [3.05, 3.63) is 34.9 Å². The standard InChI is InChI=1S/C11H19NO3.C8H9ClO/c1-12(8-13)10(11(14)15)7-9-5-3-2-4-6-9;1-10-6-7-3-2-4-8(9)5-7/h8-10H,2-7H2,1H3,(H,14,15);2-5H,6H2,1H3. The van der Waals surface area contributed by atoms with Crippen molar-refractivity contribution in [2.75, 3.05) is 14.2 Å². The van der Waals surface area contributed by atoms with Gasteiger partial charge in [0.05, 0.1) is 6.61 Å². The molecule has 1 atom stereocenters. The van der Waals surface area contributed by atoms with E-state index in [0.717, 1.165) is 23.4 Å². The van der Waals surface area contributed by atoms with Crippen LogP contribution in [0.3, 0.4) is 0 Å². The third-order valence-electron chi connectivity index (χ3n) is 4.42. The number of likely N-dealkylation sites (N-methyl/N-ethyl adjacent to an activating group) is 1. The molecule has 0 aliphatic heterocycles. The lowest BCUT2D eigenvalue weighted by molar-refractivity contribution is -0.146. The van der Waals surface area contributed by atoms with Crippen LogP contribution in [-0.4, -0.2) is 42.6 Å². The number of carboxylic acids is 1. The molecule has 2 rings (SSSR count). The quantitative estimate of drug-likeness (QED) is 0.738. The third-order valence-corrected chi connectivity index (χ3v) is 4.66. The van der Waals surface area contributed by atoms with Crippen LogP contribution >= 0.6 is 11.6 Å². The second-order valence-corrected chi connectivity index (χ2v) is 6.86. The SMILES string of the molecule is CN(C=O)C(CC1CCCCC1)C(=O)O.COCc1cccc(Cl)c1. The number of aliphatic carboxylic acids is 1. The summed E-state index contributed by atoms with van der Waals surface area (Å²) in [5.41, 5.74) is 1.11. The molecule has 1 aliphatic rings. The van der Waals surface area contributed by atoms with Crippen LogP contribution in [0.25, 0.3) is 0 Å². The summed E-state index contributed by atoms with van der Waals surface area (Å²) in [6, 6.07) is 6.99. The maximum atomic E-state index is 11.0. The van der Waals surface area contributed by atoms with Crippen LogP contribution in [-0.2, 0) is 20.9 Å².